The summed E-state index contributed by atoms with van der Waals surface area (Å²) in [6.45, 7) is 3.65. The summed E-state index contributed by atoms with van der Waals surface area (Å²) in [5, 5.41) is 0. The first-order chi connectivity index (χ1) is 6.72. The highest BCUT2D eigenvalue weighted by Gasteiger charge is 2.12. The van der Waals surface area contributed by atoms with E-state index in [1.165, 1.54) is 32.6 Å². The lowest BCUT2D eigenvalue weighted by Gasteiger charge is -2.04. The van der Waals surface area contributed by atoms with E-state index in [-0.39, 0.29) is 5.78 Å². The molecule has 0 bridgehead atoms. The molecule has 0 saturated heterocycles. The molecule has 1 unspecified atom stereocenters. The van der Waals surface area contributed by atoms with E-state index in [1.807, 2.05) is 0 Å². The first kappa shape index (κ1) is 13.3. The average molecular weight is 197 g/mol. The number of ketones is 1. The molecule has 0 N–H and O–H groups in total. The molecule has 2 heteroatoms. The molecule has 0 rings (SSSR count). The molecular formula is C12H21O2. The van der Waals surface area contributed by atoms with Crippen LogP contribution in [0.15, 0.2) is 0 Å². The number of unbranched alkanes of at least 4 members (excludes halogenated alkanes) is 5. The van der Waals surface area contributed by atoms with Gasteiger partial charge in [0.25, 0.3) is 0 Å². The van der Waals surface area contributed by atoms with Gasteiger partial charge in [0.05, 0.1) is 5.92 Å². The summed E-state index contributed by atoms with van der Waals surface area (Å²) in [6, 6.07) is 0. The summed E-state index contributed by atoms with van der Waals surface area (Å²) in [5.74, 6) is -0.519. The molecule has 0 amide bonds. The Kier molecular flexibility index (Phi) is 8.50. The standard InChI is InChI=1S/C12H21O2/c1-3-4-5-6-7-8-9-12(10-13)11(2)14/h12H,3-9H2,1-2H3. The largest absolute Gasteiger partial charge is 0.299 e. The van der Waals surface area contributed by atoms with E-state index >= 15 is 0 Å². The zero-order chi connectivity index (χ0) is 10.8. The summed E-state index contributed by atoms with van der Waals surface area (Å²) < 4.78 is 0. The molecule has 0 heterocycles. The van der Waals surface area contributed by atoms with E-state index in [4.69, 9.17) is 0 Å². The van der Waals surface area contributed by atoms with Crippen LogP contribution in [0.4, 0.5) is 0 Å². The number of hydrogen-bond acceptors (Lipinski definition) is 2. The lowest BCUT2D eigenvalue weighted by atomic mass is 9.98. The van der Waals surface area contributed by atoms with Gasteiger partial charge < -0.3 is 0 Å². The molecule has 0 fully saturated rings. The fourth-order valence-corrected chi connectivity index (χ4v) is 1.47. The maximum atomic E-state index is 10.9. The van der Waals surface area contributed by atoms with Crippen LogP contribution in [-0.4, -0.2) is 12.1 Å². The molecule has 0 aliphatic rings. The van der Waals surface area contributed by atoms with Crippen LogP contribution in [0.5, 0.6) is 0 Å². The number of carbonyl (C=O) groups excluding carboxylic acids is 2. The van der Waals surface area contributed by atoms with E-state index in [2.05, 4.69) is 6.92 Å². The molecule has 1 atom stereocenters. The minimum Gasteiger partial charge on any atom is -0.299 e. The van der Waals surface area contributed by atoms with Gasteiger partial charge in [0.2, 0.25) is 6.29 Å². The Hall–Kier alpha value is -0.660. The van der Waals surface area contributed by atoms with Crippen LogP contribution in [0.25, 0.3) is 0 Å². The molecular weight excluding hydrogens is 176 g/mol. The Morgan fingerprint density at radius 2 is 1.71 bits per heavy atom. The van der Waals surface area contributed by atoms with Gasteiger partial charge >= 0.3 is 0 Å². The van der Waals surface area contributed by atoms with Crippen LogP contribution < -0.4 is 0 Å². The third kappa shape index (κ3) is 6.81. The second kappa shape index (κ2) is 8.92. The Morgan fingerprint density at radius 3 is 2.21 bits per heavy atom. The molecule has 14 heavy (non-hydrogen) atoms. The summed E-state index contributed by atoms with van der Waals surface area (Å²) in [6.07, 6.45) is 9.62. The Labute approximate surface area is 87.1 Å². The van der Waals surface area contributed by atoms with Crippen molar-refractivity contribution in [2.75, 3.05) is 0 Å². The predicted octanol–water partition coefficient (Wildman–Crippen LogP) is 3.05. The zero-order valence-corrected chi connectivity index (χ0v) is 9.34. The van der Waals surface area contributed by atoms with Gasteiger partial charge in [0, 0.05) is 0 Å². The molecule has 81 valence electrons. The quantitative estimate of drug-likeness (QED) is 0.420. The van der Waals surface area contributed by atoms with Gasteiger partial charge in [-0.25, -0.2) is 0 Å². The van der Waals surface area contributed by atoms with Gasteiger partial charge in [-0.2, -0.15) is 0 Å². The fraction of sp³-hybridized carbons (Fsp3) is 0.833. The molecule has 0 aliphatic carbocycles. The minimum absolute atomic E-state index is 0.0476. The Balaban J connectivity index is 3.33. The van der Waals surface area contributed by atoms with E-state index in [9.17, 15) is 9.59 Å². The normalized spacial score (nSPS) is 12.4. The van der Waals surface area contributed by atoms with Gasteiger partial charge in [-0.05, 0) is 13.3 Å². The highest BCUT2D eigenvalue weighted by molar-refractivity contribution is 5.91. The lowest BCUT2D eigenvalue weighted by molar-refractivity contribution is -0.119. The molecule has 0 spiro atoms. The first-order valence-electron chi connectivity index (χ1n) is 5.60. The molecule has 0 aromatic carbocycles. The zero-order valence-electron chi connectivity index (χ0n) is 9.34. The average Bonchev–Trinajstić information content (AvgIpc) is 2.16. The number of rotatable bonds is 9. The highest BCUT2D eigenvalue weighted by atomic mass is 16.1. The Morgan fingerprint density at radius 1 is 1.14 bits per heavy atom. The smallest absolute Gasteiger partial charge is 0.209 e. The fourth-order valence-electron chi connectivity index (χ4n) is 1.47. The predicted molar refractivity (Wildman–Crippen MR) is 57.9 cm³/mol. The van der Waals surface area contributed by atoms with Crippen LogP contribution in [-0.2, 0) is 9.59 Å². The SMILES string of the molecule is CCCCCCCCC([C]=O)C(C)=O. The van der Waals surface area contributed by atoms with E-state index in [0.29, 0.717) is 6.42 Å². The van der Waals surface area contributed by atoms with Crippen molar-refractivity contribution in [3.05, 3.63) is 0 Å². The maximum Gasteiger partial charge on any atom is 0.209 e. The van der Waals surface area contributed by atoms with Crippen LogP contribution in [0.3, 0.4) is 0 Å². The van der Waals surface area contributed by atoms with Crippen molar-refractivity contribution >= 4 is 12.1 Å². The second-order valence-corrected chi connectivity index (χ2v) is 3.84. The molecule has 0 aromatic rings. The summed E-state index contributed by atoms with van der Waals surface area (Å²) in [7, 11) is 0. The summed E-state index contributed by atoms with van der Waals surface area (Å²) in [5.41, 5.74) is 0. The van der Waals surface area contributed by atoms with E-state index in [0.717, 1.165) is 12.8 Å². The van der Waals surface area contributed by atoms with Crippen molar-refractivity contribution in [3.8, 4) is 0 Å². The third-order valence-corrected chi connectivity index (χ3v) is 2.48. The molecule has 0 saturated carbocycles. The van der Waals surface area contributed by atoms with Crippen LogP contribution in [0, 0.1) is 5.92 Å². The van der Waals surface area contributed by atoms with Crippen LogP contribution in [0.1, 0.15) is 58.8 Å². The number of Topliss-reactive ketones (excluding diaryl/α,β-unsaturated/α-hetero) is 1. The van der Waals surface area contributed by atoms with Crippen molar-refractivity contribution in [1.29, 1.82) is 0 Å². The van der Waals surface area contributed by atoms with Gasteiger partial charge in [-0.3, -0.25) is 9.59 Å². The van der Waals surface area contributed by atoms with Gasteiger partial charge in [-0.15, -0.1) is 0 Å². The number of carbonyl (C=O) groups is 1. The van der Waals surface area contributed by atoms with Crippen molar-refractivity contribution in [3.63, 3.8) is 0 Å². The van der Waals surface area contributed by atoms with Gasteiger partial charge in [0.1, 0.15) is 5.78 Å². The van der Waals surface area contributed by atoms with Crippen LogP contribution >= 0.6 is 0 Å². The van der Waals surface area contributed by atoms with Crippen molar-refractivity contribution in [2.24, 2.45) is 5.92 Å². The van der Waals surface area contributed by atoms with E-state index in [1.54, 1.807) is 6.29 Å². The summed E-state index contributed by atoms with van der Waals surface area (Å²) in [4.78, 5) is 21.2. The molecule has 0 aromatic heterocycles. The van der Waals surface area contributed by atoms with Crippen molar-refractivity contribution < 1.29 is 9.59 Å². The van der Waals surface area contributed by atoms with Gasteiger partial charge in [0.15, 0.2) is 0 Å². The first-order valence-corrected chi connectivity index (χ1v) is 5.60. The van der Waals surface area contributed by atoms with Crippen molar-refractivity contribution in [1.82, 2.24) is 0 Å². The minimum atomic E-state index is -0.471. The van der Waals surface area contributed by atoms with Crippen molar-refractivity contribution in [2.45, 2.75) is 58.8 Å². The molecule has 1 radical (unpaired) electrons. The Bertz CT molecular complexity index is 164. The third-order valence-electron chi connectivity index (χ3n) is 2.48. The lowest BCUT2D eigenvalue weighted by Crippen LogP contribution is -2.11. The maximum absolute atomic E-state index is 10.9. The monoisotopic (exact) mass is 197 g/mol. The molecule has 2 nitrogen and oxygen atoms in total. The highest BCUT2D eigenvalue weighted by Crippen LogP contribution is 2.11. The second-order valence-electron chi connectivity index (χ2n) is 3.84. The summed E-state index contributed by atoms with van der Waals surface area (Å²) >= 11 is 0. The topological polar surface area (TPSA) is 34.1 Å². The van der Waals surface area contributed by atoms with Gasteiger partial charge in [-0.1, -0.05) is 45.4 Å². The molecule has 0 aliphatic heterocycles. The van der Waals surface area contributed by atoms with Crippen LogP contribution in [0.2, 0.25) is 0 Å². The number of hydrogen-bond donors (Lipinski definition) is 0. The van der Waals surface area contributed by atoms with E-state index < -0.39 is 5.92 Å².